The molecule has 0 nitrogen and oxygen atoms in total. The second kappa shape index (κ2) is 11.6. The molecule has 2 heteroatoms. The van der Waals surface area contributed by atoms with Gasteiger partial charge in [0.15, 0.2) is 11.6 Å². The molecule has 33 heavy (non-hydrogen) atoms. The van der Waals surface area contributed by atoms with Crippen LogP contribution in [0.3, 0.4) is 0 Å². The van der Waals surface area contributed by atoms with Gasteiger partial charge in [-0.3, -0.25) is 0 Å². The summed E-state index contributed by atoms with van der Waals surface area (Å²) < 4.78 is 29.5. The average molecular weight is 453 g/mol. The van der Waals surface area contributed by atoms with Gasteiger partial charge in [0.1, 0.15) is 0 Å². The molecule has 2 aromatic rings. The molecule has 0 amide bonds. The monoisotopic (exact) mass is 452 g/mol. The Hall–Kier alpha value is -1.70. The van der Waals surface area contributed by atoms with Crippen LogP contribution in [0.15, 0.2) is 36.9 Å². The zero-order valence-corrected chi connectivity index (χ0v) is 20.6. The molecule has 0 aromatic heterocycles. The van der Waals surface area contributed by atoms with Gasteiger partial charge in [0.05, 0.1) is 0 Å². The van der Waals surface area contributed by atoms with Gasteiger partial charge < -0.3 is 0 Å². The van der Waals surface area contributed by atoms with E-state index in [0.29, 0.717) is 29.7 Å². The molecule has 2 fully saturated rings. The molecular formula is C31H42F2. The predicted octanol–water partition coefficient (Wildman–Crippen LogP) is 9.90. The second-order valence-electron chi connectivity index (χ2n) is 10.9. The van der Waals surface area contributed by atoms with Crippen molar-refractivity contribution in [3.63, 3.8) is 0 Å². The minimum atomic E-state index is -0.682. The molecule has 4 atom stereocenters. The first kappa shape index (κ1) is 24.4. The predicted molar refractivity (Wildman–Crippen MR) is 137 cm³/mol. The maximum atomic E-state index is 14.9. The molecule has 2 aliphatic rings. The number of hydrogen-bond donors (Lipinski definition) is 0. The maximum absolute atomic E-state index is 14.9. The fourth-order valence-electron chi connectivity index (χ4n) is 6.68. The first-order valence-electron chi connectivity index (χ1n) is 13.6. The quantitative estimate of drug-likeness (QED) is 0.248. The van der Waals surface area contributed by atoms with Crippen molar-refractivity contribution in [2.75, 3.05) is 0 Å². The van der Waals surface area contributed by atoms with E-state index in [2.05, 4.69) is 19.6 Å². The summed E-state index contributed by atoms with van der Waals surface area (Å²) in [5.41, 5.74) is 1.66. The summed E-state index contributed by atoms with van der Waals surface area (Å²) in [7, 11) is 0. The van der Waals surface area contributed by atoms with Crippen LogP contribution in [0, 0.1) is 29.4 Å². The van der Waals surface area contributed by atoms with E-state index in [-0.39, 0.29) is 0 Å². The van der Waals surface area contributed by atoms with Gasteiger partial charge in [0.2, 0.25) is 0 Å². The third-order valence-electron chi connectivity index (χ3n) is 8.64. The minimum Gasteiger partial charge on any atom is -0.203 e. The largest absolute Gasteiger partial charge is 0.203 e. The minimum absolute atomic E-state index is 0.446. The molecule has 0 saturated heterocycles. The van der Waals surface area contributed by atoms with Gasteiger partial charge >= 0.3 is 0 Å². The van der Waals surface area contributed by atoms with Crippen LogP contribution >= 0.6 is 0 Å². The van der Waals surface area contributed by atoms with Gasteiger partial charge in [0, 0.05) is 5.39 Å². The lowest BCUT2D eigenvalue weighted by atomic mass is 9.63. The summed E-state index contributed by atoms with van der Waals surface area (Å²) in [6, 6.07) is 7.94. The van der Waals surface area contributed by atoms with Gasteiger partial charge in [-0.2, -0.15) is 0 Å². The van der Waals surface area contributed by atoms with Gasteiger partial charge in [0.25, 0.3) is 0 Å². The summed E-state index contributed by atoms with van der Waals surface area (Å²) in [4.78, 5) is 0. The number of unbranched alkanes of at least 4 members (excludes halogenated alkanes) is 4. The summed E-state index contributed by atoms with van der Waals surface area (Å²) >= 11 is 0. The van der Waals surface area contributed by atoms with E-state index in [0.717, 1.165) is 23.1 Å². The van der Waals surface area contributed by atoms with E-state index in [1.165, 1.54) is 82.6 Å². The van der Waals surface area contributed by atoms with Crippen LogP contribution in [0.5, 0.6) is 0 Å². The highest BCUT2D eigenvalue weighted by Gasteiger charge is 2.35. The summed E-state index contributed by atoms with van der Waals surface area (Å²) in [6.45, 7) is 5.98. The molecule has 0 aliphatic heterocycles. The van der Waals surface area contributed by atoms with E-state index in [1.54, 1.807) is 6.08 Å². The van der Waals surface area contributed by atoms with Crippen LogP contribution in [-0.4, -0.2) is 0 Å². The van der Waals surface area contributed by atoms with Crippen LogP contribution in [0.4, 0.5) is 8.78 Å². The van der Waals surface area contributed by atoms with E-state index < -0.39 is 11.6 Å². The number of aryl methyl sites for hydroxylation is 1. The van der Waals surface area contributed by atoms with Crippen LogP contribution in [0.25, 0.3) is 10.8 Å². The van der Waals surface area contributed by atoms with E-state index in [1.807, 2.05) is 18.2 Å². The molecule has 4 rings (SSSR count). The fourth-order valence-corrected chi connectivity index (χ4v) is 6.68. The van der Waals surface area contributed by atoms with Crippen molar-refractivity contribution in [2.45, 2.75) is 103 Å². The lowest BCUT2D eigenvalue weighted by molar-refractivity contribution is 0.113. The Bertz CT molecular complexity index is 930. The molecule has 180 valence electrons. The number of rotatable bonds is 10. The summed E-state index contributed by atoms with van der Waals surface area (Å²) in [5, 5.41) is 1.26. The second-order valence-corrected chi connectivity index (χ2v) is 10.9. The molecular weight excluding hydrogens is 410 g/mol. The smallest absolute Gasteiger partial charge is 0.166 e. The molecule has 2 aliphatic carbocycles. The number of hydrogen-bond acceptors (Lipinski definition) is 0. The number of benzene rings is 2. The molecule has 2 aromatic carbocycles. The van der Waals surface area contributed by atoms with E-state index >= 15 is 0 Å². The van der Waals surface area contributed by atoms with Crippen molar-refractivity contribution in [3.05, 3.63) is 59.7 Å². The summed E-state index contributed by atoms with van der Waals surface area (Å²) in [5.74, 6) is 1.78. The molecule has 0 N–H and O–H groups in total. The van der Waals surface area contributed by atoms with Crippen molar-refractivity contribution in [1.29, 1.82) is 0 Å². The zero-order chi connectivity index (χ0) is 23.2. The number of allylic oxidation sites excluding steroid dienone is 1. The normalized spacial score (nSPS) is 25.2. The standard InChI is InChI=1S/C31H42F2/c1-3-5-7-8-9-10-22-12-13-24-19-25(15-14-23(24)18-22)26-16-17-27-20-28(11-6-4-2)30(32)31(33)29(27)21-26/h4,16-17,20-25H,2-3,5-15,18-19H2,1H3. The van der Waals surface area contributed by atoms with Crippen LogP contribution in [0.2, 0.25) is 0 Å². The van der Waals surface area contributed by atoms with Crippen LogP contribution in [-0.2, 0) is 6.42 Å². The maximum Gasteiger partial charge on any atom is 0.166 e. The number of halogens is 2. The third kappa shape index (κ3) is 5.87. The Morgan fingerprint density at radius 3 is 2.52 bits per heavy atom. The Morgan fingerprint density at radius 1 is 0.909 bits per heavy atom. The highest BCUT2D eigenvalue weighted by molar-refractivity contribution is 5.85. The topological polar surface area (TPSA) is 0 Å². The first-order chi connectivity index (χ1) is 16.1. The fraction of sp³-hybridized carbons (Fsp3) is 0.613. The van der Waals surface area contributed by atoms with Gasteiger partial charge in [-0.05, 0) is 97.3 Å². The SMILES string of the molecule is C=CCCc1cc2ccc(C3CCC4CC(CCCCCCC)CCC4C3)cc2c(F)c1F. The van der Waals surface area contributed by atoms with E-state index in [9.17, 15) is 8.78 Å². The Balaban J connectivity index is 1.38. The molecule has 0 radical (unpaired) electrons. The average Bonchev–Trinajstić information content (AvgIpc) is 2.84. The van der Waals surface area contributed by atoms with Crippen molar-refractivity contribution in [2.24, 2.45) is 17.8 Å². The molecule has 4 unspecified atom stereocenters. The third-order valence-corrected chi connectivity index (χ3v) is 8.64. The number of fused-ring (bicyclic) bond motifs is 2. The lowest BCUT2D eigenvalue weighted by Gasteiger charge is -2.42. The van der Waals surface area contributed by atoms with Crippen LogP contribution in [0.1, 0.15) is 107 Å². The molecule has 0 bridgehead atoms. The Labute approximate surface area is 199 Å². The Kier molecular flexibility index (Phi) is 8.61. The van der Waals surface area contributed by atoms with Crippen molar-refractivity contribution in [3.8, 4) is 0 Å². The molecule has 0 spiro atoms. The van der Waals surface area contributed by atoms with Gasteiger partial charge in [-0.25, -0.2) is 8.78 Å². The highest BCUT2D eigenvalue weighted by atomic mass is 19.2. The first-order valence-corrected chi connectivity index (χ1v) is 13.6. The summed E-state index contributed by atoms with van der Waals surface area (Å²) in [6.07, 6.45) is 19.2. The van der Waals surface area contributed by atoms with Crippen LogP contribution < -0.4 is 0 Å². The van der Waals surface area contributed by atoms with E-state index in [4.69, 9.17) is 0 Å². The van der Waals surface area contributed by atoms with Gasteiger partial charge in [-0.15, -0.1) is 6.58 Å². The zero-order valence-electron chi connectivity index (χ0n) is 20.6. The molecule has 2 saturated carbocycles. The molecule has 0 heterocycles. The van der Waals surface area contributed by atoms with Crippen molar-refractivity contribution >= 4 is 10.8 Å². The van der Waals surface area contributed by atoms with Gasteiger partial charge in [-0.1, -0.05) is 70.1 Å². The lowest BCUT2D eigenvalue weighted by Crippen LogP contribution is -2.30. The van der Waals surface area contributed by atoms with Crippen molar-refractivity contribution < 1.29 is 8.78 Å². The Morgan fingerprint density at radius 2 is 1.70 bits per heavy atom. The highest BCUT2D eigenvalue weighted by Crippen LogP contribution is 2.48. The van der Waals surface area contributed by atoms with Crippen molar-refractivity contribution in [1.82, 2.24) is 0 Å².